The molecule has 0 aliphatic heterocycles. The van der Waals surface area contributed by atoms with Crippen LogP contribution in [0.3, 0.4) is 0 Å². The number of aromatic nitrogens is 1. The number of urea groups is 1. The van der Waals surface area contributed by atoms with Crippen LogP contribution >= 0.6 is 47.8 Å². The minimum Gasteiger partial charge on any atom is -0.377 e. The number of carbonyl (C=O) groups excluding carboxylic acids is 1. The van der Waals surface area contributed by atoms with E-state index in [0.717, 1.165) is 55.8 Å². The van der Waals surface area contributed by atoms with E-state index < -0.39 is 0 Å². The summed E-state index contributed by atoms with van der Waals surface area (Å²) < 4.78 is 2.56. The van der Waals surface area contributed by atoms with Crippen molar-refractivity contribution < 1.29 is 4.79 Å². The summed E-state index contributed by atoms with van der Waals surface area (Å²) in [5, 5.41) is 10.8. The predicted octanol–water partition coefficient (Wildman–Crippen LogP) is 7.38. The minimum atomic E-state index is -0.194. The number of para-hydroxylation sites is 1. The molecular weight excluding hydrogens is 626 g/mol. The monoisotopic (exact) mass is 651 g/mol. The van der Waals surface area contributed by atoms with Gasteiger partial charge >= 0.3 is 6.03 Å². The van der Waals surface area contributed by atoms with Crippen molar-refractivity contribution >= 4 is 81.9 Å². The first-order chi connectivity index (χ1) is 16.3. The van der Waals surface area contributed by atoms with Gasteiger partial charge in [-0.3, -0.25) is 0 Å². The number of hydrogen-bond donors (Lipinski definition) is 3. The zero-order chi connectivity index (χ0) is 24.2. The molecule has 0 atom stereocenters. The van der Waals surface area contributed by atoms with Crippen LogP contribution in [0.25, 0.3) is 10.9 Å². The first-order valence-electron chi connectivity index (χ1n) is 11.3. The summed E-state index contributed by atoms with van der Waals surface area (Å²) in [6, 6.07) is 14.4. The lowest BCUT2D eigenvalue weighted by molar-refractivity contribution is 0.246. The highest BCUT2D eigenvalue weighted by molar-refractivity contribution is 9.11. The molecule has 0 unspecified atom stereocenters. The SMILES string of the molecule is CN(C)c1cc(NC2CCC(CNC(=O)Nc3c(Br)cc(Br)cc3Br)CC2)nc2ccccc12. The second-order valence-electron chi connectivity index (χ2n) is 8.88. The maximum Gasteiger partial charge on any atom is 0.319 e. The lowest BCUT2D eigenvalue weighted by Gasteiger charge is -2.30. The summed E-state index contributed by atoms with van der Waals surface area (Å²) in [5.74, 6) is 1.40. The number of carbonyl (C=O) groups is 1. The van der Waals surface area contributed by atoms with E-state index in [2.05, 4.69) is 107 Å². The molecule has 2 aromatic carbocycles. The van der Waals surface area contributed by atoms with Crippen molar-refractivity contribution in [1.82, 2.24) is 10.3 Å². The van der Waals surface area contributed by atoms with Crippen LogP contribution in [0.1, 0.15) is 25.7 Å². The Morgan fingerprint density at radius 1 is 1.03 bits per heavy atom. The lowest BCUT2D eigenvalue weighted by atomic mass is 9.86. The van der Waals surface area contributed by atoms with Gasteiger partial charge in [-0.2, -0.15) is 0 Å². The Morgan fingerprint density at radius 2 is 1.71 bits per heavy atom. The van der Waals surface area contributed by atoms with Crippen molar-refractivity contribution in [3.63, 3.8) is 0 Å². The van der Waals surface area contributed by atoms with E-state index in [4.69, 9.17) is 4.98 Å². The average molecular weight is 654 g/mol. The summed E-state index contributed by atoms with van der Waals surface area (Å²) >= 11 is 10.4. The fraction of sp³-hybridized carbons (Fsp3) is 0.360. The van der Waals surface area contributed by atoms with Crippen molar-refractivity contribution in [3.05, 3.63) is 55.9 Å². The maximum atomic E-state index is 12.4. The fourth-order valence-electron chi connectivity index (χ4n) is 4.38. The van der Waals surface area contributed by atoms with E-state index in [1.54, 1.807) is 0 Å². The second-order valence-corrected chi connectivity index (χ2v) is 11.5. The van der Waals surface area contributed by atoms with Gasteiger partial charge in [-0.1, -0.05) is 34.1 Å². The normalized spacial score (nSPS) is 17.9. The Hall–Kier alpha value is -1.84. The lowest BCUT2D eigenvalue weighted by Crippen LogP contribution is -2.36. The molecule has 180 valence electrons. The summed E-state index contributed by atoms with van der Waals surface area (Å²) in [6.07, 6.45) is 4.25. The van der Waals surface area contributed by atoms with Crippen LogP contribution in [-0.2, 0) is 0 Å². The summed E-state index contributed by atoms with van der Waals surface area (Å²) in [7, 11) is 4.13. The van der Waals surface area contributed by atoms with Crippen molar-refractivity contribution in [3.8, 4) is 0 Å². The third-order valence-electron chi connectivity index (χ3n) is 6.17. The fourth-order valence-corrected chi connectivity index (χ4v) is 6.83. The zero-order valence-corrected chi connectivity index (χ0v) is 23.9. The average Bonchev–Trinajstić information content (AvgIpc) is 2.80. The van der Waals surface area contributed by atoms with Gasteiger partial charge in [-0.05, 0) is 81.7 Å². The molecule has 34 heavy (non-hydrogen) atoms. The maximum absolute atomic E-state index is 12.4. The van der Waals surface area contributed by atoms with Gasteiger partial charge in [0.15, 0.2) is 0 Å². The summed E-state index contributed by atoms with van der Waals surface area (Å²) in [5.41, 5.74) is 2.89. The number of nitrogens with zero attached hydrogens (tertiary/aromatic N) is 2. The summed E-state index contributed by atoms with van der Waals surface area (Å²) in [6.45, 7) is 0.670. The molecule has 0 saturated heterocycles. The van der Waals surface area contributed by atoms with Crippen molar-refractivity contribution in [1.29, 1.82) is 0 Å². The number of halogens is 3. The number of anilines is 3. The van der Waals surface area contributed by atoms with Crippen molar-refractivity contribution in [2.24, 2.45) is 5.92 Å². The topological polar surface area (TPSA) is 69.3 Å². The molecule has 1 saturated carbocycles. The minimum absolute atomic E-state index is 0.194. The van der Waals surface area contributed by atoms with Crippen LogP contribution in [0.4, 0.5) is 22.0 Å². The van der Waals surface area contributed by atoms with Gasteiger partial charge in [-0.15, -0.1) is 0 Å². The smallest absolute Gasteiger partial charge is 0.319 e. The predicted molar refractivity (Wildman–Crippen MR) is 152 cm³/mol. The van der Waals surface area contributed by atoms with Gasteiger partial charge in [0.05, 0.1) is 11.2 Å². The molecule has 9 heteroatoms. The van der Waals surface area contributed by atoms with Crippen molar-refractivity contribution in [2.75, 3.05) is 36.2 Å². The third-order valence-corrected chi connectivity index (χ3v) is 7.88. The highest BCUT2D eigenvalue weighted by Crippen LogP contribution is 2.34. The van der Waals surface area contributed by atoms with E-state index in [9.17, 15) is 4.79 Å². The molecule has 1 aromatic heterocycles. The number of rotatable bonds is 6. The van der Waals surface area contributed by atoms with E-state index in [0.29, 0.717) is 24.2 Å². The number of amides is 2. The number of fused-ring (bicyclic) bond motifs is 1. The van der Waals surface area contributed by atoms with Gasteiger partial charge in [0.25, 0.3) is 0 Å². The van der Waals surface area contributed by atoms with E-state index in [1.807, 2.05) is 18.2 Å². The highest BCUT2D eigenvalue weighted by atomic mass is 79.9. The van der Waals surface area contributed by atoms with E-state index >= 15 is 0 Å². The van der Waals surface area contributed by atoms with E-state index in [1.165, 1.54) is 5.69 Å². The number of pyridine rings is 1. The first kappa shape index (κ1) is 25.3. The van der Waals surface area contributed by atoms with Gasteiger partial charge in [0, 0.05) is 57.2 Å². The van der Waals surface area contributed by atoms with Gasteiger partial charge in [0.2, 0.25) is 0 Å². The molecule has 1 fully saturated rings. The van der Waals surface area contributed by atoms with Gasteiger partial charge < -0.3 is 20.9 Å². The number of benzene rings is 2. The molecular formula is C25H28Br3N5O. The largest absolute Gasteiger partial charge is 0.377 e. The molecule has 0 bridgehead atoms. The second kappa shape index (κ2) is 11.3. The van der Waals surface area contributed by atoms with Crippen LogP contribution < -0.4 is 20.9 Å². The standard InChI is InChI=1S/C25H28Br3N5O/c1-33(2)22-13-23(31-21-6-4-3-5-18(21)22)30-17-9-7-15(8-10-17)14-29-25(34)32-24-19(27)11-16(26)12-20(24)28/h3-6,11-13,15,17H,7-10,14H2,1-2H3,(H,30,31)(H2,29,32,34). The molecule has 1 heterocycles. The molecule has 6 nitrogen and oxygen atoms in total. The molecule has 1 aliphatic carbocycles. The Kier molecular flexibility index (Phi) is 8.37. The Labute approximate surface area is 225 Å². The van der Waals surface area contributed by atoms with Crippen LogP contribution in [-0.4, -0.2) is 37.7 Å². The molecule has 1 aliphatic rings. The Balaban J connectivity index is 1.28. The van der Waals surface area contributed by atoms with Crippen LogP contribution in [0, 0.1) is 5.92 Å². The van der Waals surface area contributed by atoms with Crippen LogP contribution in [0.15, 0.2) is 55.9 Å². The van der Waals surface area contributed by atoms with E-state index in [-0.39, 0.29) is 6.03 Å². The number of nitrogens with one attached hydrogen (secondary N) is 3. The Bertz CT molecular complexity index is 1160. The molecule has 4 rings (SSSR count). The highest BCUT2D eigenvalue weighted by Gasteiger charge is 2.22. The molecule has 0 radical (unpaired) electrons. The molecule has 0 spiro atoms. The third kappa shape index (κ3) is 6.23. The number of hydrogen-bond acceptors (Lipinski definition) is 4. The Morgan fingerprint density at radius 3 is 2.38 bits per heavy atom. The molecule has 2 amide bonds. The molecule has 3 N–H and O–H groups in total. The molecule has 3 aromatic rings. The van der Waals surface area contributed by atoms with Gasteiger partial charge in [-0.25, -0.2) is 9.78 Å². The zero-order valence-electron chi connectivity index (χ0n) is 19.2. The first-order valence-corrected chi connectivity index (χ1v) is 13.7. The van der Waals surface area contributed by atoms with Gasteiger partial charge in [0.1, 0.15) is 5.82 Å². The van der Waals surface area contributed by atoms with Crippen LogP contribution in [0.2, 0.25) is 0 Å². The summed E-state index contributed by atoms with van der Waals surface area (Å²) in [4.78, 5) is 19.4. The quantitative estimate of drug-likeness (QED) is 0.260. The van der Waals surface area contributed by atoms with Crippen molar-refractivity contribution in [2.45, 2.75) is 31.7 Å². The van der Waals surface area contributed by atoms with Crippen LogP contribution in [0.5, 0.6) is 0 Å².